The Morgan fingerprint density at radius 1 is 0.750 bits per heavy atom. The zero-order valence-electron chi connectivity index (χ0n) is 13.2. The van der Waals surface area contributed by atoms with E-state index in [9.17, 15) is 10.2 Å². The molecule has 2 heteroatoms. The highest BCUT2D eigenvalue weighted by atomic mass is 16.3. The first-order valence-corrected chi connectivity index (χ1v) is 7.01. The van der Waals surface area contributed by atoms with Crippen LogP contribution >= 0.6 is 0 Å². The van der Waals surface area contributed by atoms with E-state index in [1.165, 1.54) is 17.2 Å². The zero-order valence-corrected chi connectivity index (χ0v) is 13.2. The summed E-state index contributed by atoms with van der Waals surface area (Å²) < 4.78 is 0. The first kappa shape index (κ1) is 14.7. The Bertz CT molecular complexity index is 656. The van der Waals surface area contributed by atoms with Crippen LogP contribution in [0.4, 0.5) is 0 Å². The minimum Gasteiger partial charge on any atom is -0.508 e. The standard InChI is InChI=1S/C18H24O2/c1-17(2,3)14-8-7-12-13(16(14)18(4,5)6)9-11(19)10-15(12)20/h7-10,19-20H,1-6H3. The molecule has 0 fully saturated rings. The van der Waals surface area contributed by atoms with Gasteiger partial charge in [-0.1, -0.05) is 53.7 Å². The molecule has 2 nitrogen and oxygen atoms in total. The molecule has 2 rings (SSSR count). The molecule has 108 valence electrons. The van der Waals surface area contributed by atoms with E-state index < -0.39 is 0 Å². The molecule has 0 atom stereocenters. The third kappa shape index (κ3) is 2.47. The van der Waals surface area contributed by atoms with Gasteiger partial charge in [0.05, 0.1) is 0 Å². The summed E-state index contributed by atoms with van der Waals surface area (Å²) >= 11 is 0. The van der Waals surface area contributed by atoms with Crippen molar-refractivity contribution in [1.82, 2.24) is 0 Å². The van der Waals surface area contributed by atoms with Crippen molar-refractivity contribution in [1.29, 1.82) is 0 Å². The van der Waals surface area contributed by atoms with Crippen molar-refractivity contribution in [2.75, 3.05) is 0 Å². The Kier molecular flexibility index (Phi) is 3.24. The van der Waals surface area contributed by atoms with Crippen LogP contribution < -0.4 is 0 Å². The average Bonchev–Trinajstić information content (AvgIpc) is 2.24. The number of phenolic OH excluding ortho intramolecular Hbond substituents is 2. The fourth-order valence-electron chi connectivity index (χ4n) is 2.83. The Hall–Kier alpha value is -1.70. The second-order valence-electron chi connectivity index (χ2n) is 7.55. The van der Waals surface area contributed by atoms with Crippen LogP contribution in [0.2, 0.25) is 0 Å². The highest BCUT2D eigenvalue weighted by Gasteiger charge is 2.27. The van der Waals surface area contributed by atoms with E-state index >= 15 is 0 Å². The number of aromatic hydroxyl groups is 2. The van der Waals surface area contributed by atoms with Crippen molar-refractivity contribution in [3.05, 3.63) is 35.4 Å². The molecule has 20 heavy (non-hydrogen) atoms. The van der Waals surface area contributed by atoms with Gasteiger partial charge in [0.25, 0.3) is 0 Å². The van der Waals surface area contributed by atoms with Crippen LogP contribution in [-0.2, 0) is 10.8 Å². The molecule has 2 N–H and O–H groups in total. The van der Waals surface area contributed by atoms with Crippen LogP contribution in [0.1, 0.15) is 52.7 Å². The van der Waals surface area contributed by atoms with Crippen molar-refractivity contribution in [3.63, 3.8) is 0 Å². The average molecular weight is 272 g/mol. The highest BCUT2D eigenvalue weighted by molar-refractivity contribution is 5.93. The Morgan fingerprint density at radius 3 is 1.85 bits per heavy atom. The van der Waals surface area contributed by atoms with Crippen LogP contribution in [0.15, 0.2) is 24.3 Å². The van der Waals surface area contributed by atoms with E-state index in [2.05, 4.69) is 47.6 Å². The normalized spacial score (nSPS) is 12.9. The van der Waals surface area contributed by atoms with Crippen molar-refractivity contribution in [3.8, 4) is 11.5 Å². The molecule has 0 aliphatic heterocycles. The van der Waals surface area contributed by atoms with Crippen LogP contribution in [0, 0.1) is 0 Å². The number of phenols is 2. The lowest BCUT2D eigenvalue weighted by molar-refractivity contribution is 0.454. The van der Waals surface area contributed by atoms with Gasteiger partial charge in [-0.05, 0) is 33.4 Å². The van der Waals surface area contributed by atoms with Gasteiger partial charge in [0.2, 0.25) is 0 Å². The lowest BCUT2D eigenvalue weighted by Crippen LogP contribution is -2.22. The van der Waals surface area contributed by atoms with E-state index in [0.29, 0.717) is 0 Å². The molecule has 0 aromatic heterocycles. The minimum absolute atomic E-state index is 0.0118. The summed E-state index contributed by atoms with van der Waals surface area (Å²) in [6.07, 6.45) is 0. The summed E-state index contributed by atoms with van der Waals surface area (Å²) in [5.41, 5.74) is 2.39. The quantitative estimate of drug-likeness (QED) is 0.720. The largest absolute Gasteiger partial charge is 0.508 e. The van der Waals surface area contributed by atoms with Crippen molar-refractivity contribution >= 4 is 10.8 Å². The van der Waals surface area contributed by atoms with E-state index in [0.717, 1.165) is 10.8 Å². The molecule has 0 heterocycles. The molecule has 0 saturated carbocycles. The molecular formula is C18H24O2. The predicted octanol–water partition coefficient (Wildman–Crippen LogP) is 4.85. The topological polar surface area (TPSA) is 40.5 Å². The number of fused-ring (bicyclic) bond motifs is 1. The summed E-state index contributed by atoms with van der Waals surface area (Å²) in [5, 5.41) is 21.6. The molecule has 0 unspecified atom stereocenters. The molecule has 0 aliphatic carbocycles. The fraction of sp³-hybridized carbons (Fsp3) is 0.444. The Morgan fingerprint density at radius 2 is 1.35 bits per heavy atom. The molecule has 0 amide bonds. The van der Waals surface area contributed by atoms with Crippen molar-refractivity contribution in [2.45, 2.75) is 52.4 Å². The maximum Gasteiger partial charge on any atom is 0.127 e. The van der Waals surface area contributed by atoms with Gasteiger partial charge in [-0.25, -0.2) is 0 Å². The van der Waals surface area contributed by atoms with Gasteiger partial charge in [-0.3, -0.25) is 0 Å². The zero-order chi connectivity index (χ0) is 15.3. The van der Waals surface area contributed by atoms with E-state index in [1.54, 1.807) is 6.07 Å². The number of rotatable bonds is 0. The van der Waals surface area contributed by atoms with Crippen molar-refractivity contribution < 1.29 is 10.2 Å². The second-order valence-corrected chi connectivity index (χ2v) is 7.55. The van der Waals surface area contributed by atoms with Gasteiger partial charge in [-0.15, -0.1) is 0 Å². The number of hydrogen-bond acceptors (Lipinski definition) is 2. The van der Waals surface area contributed by atoms with Gasteiger partial charge in [0.15, 0.2) is 0 Å². The molecule has 2 aromatic rings. The Labute approximate surface area is 121 Å². The smallest absolute Gasteiger partial charge is 0.127 e. The molecule has 0 bridgehead atoms. The number of hydrogen-bond donors (Lipinski definition) is 2. The SMILES string of the molecule is CC(C)(C)c1ccc2c(O)cc(O)cc2c1C(C)(C)C. The lowest BCUT2D eigenvalue weighted by atomic mass is 9.73. The first-order valence-electron chi connectivity index (χ1n) is 7.01. The van der Waals surface area contributed by atoms with Crippen molar-refractivity contribution in [2.24, 2.45) is 0 Å². The van der Waals surface area contributed by atoms with Gasteiger partial charge >= 0.3 is 0 Å². The highest BCUT2D eigenvalue weighted by Crippen LogP contribution is 2.42. The molecule has 0 spiro atoms. The Balaban J connectivity index is 2.99. The van der Waals surface area contributed by atoms with E-state index in [-0.39, 0.29) is 22.3 Å². The van der Waals surface area contributed by atoms with Gasteiger partial charge in [0, 0.05) is 11.5 Å². The maximum atomic E-state index is 10.1. The summed E-state index contributed by atoms with van der Waals surface area (Å²) in [6.45, 7) is 13.1. The summed E-state index contributed by atoms with van der Waals surface area (Å²) in [6, 6.07) is 7.19. The van der Waals surface area contributed by atoms with Crippen LogP contribution in [-0.4, -0.2) is 10.2 Å². The monoisotopic (exact) mass is 272 g/mol. The van der Waals surface area contributed by atoms with E-state index in [1.807, 2.05) is 6.07 Å². The summed E-state index contributed by atoms with van der Waals surface area (Å²) in [5.74, 6) is 0.234. The molecular weight excluding hydrogens is 248 g/mol. The lowest BCUT2D eigenvalue weighted by Gasteiger charge is -2.31. The third-order valence-electron chi connectivity index (χ3n) is 3.66. The number of benzene rings is 2. The van der Waals surface area contributed by atoms with Crippen LogP contribution in [0.25, 0.3) is 10.8 Å². The van der Waals surface area contributed by atoms with E-state index in [4.69, 9.17) is 0 Å². The molecule has 0 saturated heterocycles. The van der Waals surface area contributed by atoms with Crippen LogP contribution in [0.3, 0.4) is 0 Å². The predicted molar refractivity (Wildman–Crippen MR) is 84.7 cm³/mol. The van der Waals surface area contributed by atoms with Gasteiger partial charge in [0.1, 0.15) is 11.5 Å². The molecule has 0 aliphatic rings. The van der Waals surface area contributed by atoms with Gasteiger partial charge < -0.3 is 10.2 Å². The van der Waals surface area contributed by atoms with Crippen LogP contribution in [0.5, 0.6) is 11.5 Å². The first-order chi connectivity index (χ1) is 9.01. The second kappa shape index (κ2) is 4.41. The van der Waals surface area contributed by atoms with Gasteiger partial charge in [-0.2, -0.15) is 0 Å². The summed E-state index contributed by atoms with van der Waals surface area (Å²) in [4.78, 5) is 0. The molecule has 2 aromatic carbocycles. The maximum absolute atomic E-state index is 10.1. The third-order valence-corrected chi connectivity index (χ3v) is 3.66. The fourth-order valence-corrected chi connectivity index (χ4v) is 2.83. The minimum atomic E-state index is -0.0671. The summed E-state index contributed by atoms with van der Waals surface area (Å²) in [7, 11) is 0. The molecule has 0 radical (unpaired) electrons.